The average Bonchev–Trinajstić information content (AvgIpc) is 2.77. The van der Waals surface area contributed by atoms with Crippen LogP contribution in [-0.2, 0) is 10.0 Å². The highest BCUT2D eigenvalue weighted by atomic mass is 79.9. The van der Waals surface area contributed by atoms with Gasteiger partial charge >= 0.3 is 0 Å². The second kappa shape index (κ2) is 5.54. The van der Waals surface area contributed by atoms with Gasteiger partial charge in [0.2, 0.25) is 0 Å². The van der Waals surface area contributed by atoms with Crippen molar-refractivity contribution in [3.05, 3.63) is 64.1 Å². The summed E-state index contributed by atoms with van der Waals surface area (Å²) in [6, 6.07) is 13.2. The van der Waals surface area contributed by atoms with Crippen LogP contribution in [0.1, 0.15) is 15.9 Å². The maximum absolute atomic E-state index is 12.0. The van der Waals surface area contributed by atoms with Gasteiger partial charge in [0.05, 0.1) is 0 Å². The number of hydrogen-bond donors (Lipinski definition) is 2. The number of nitrogens with one attached hydrogen (secondary N) is 2. The number of amides is 1. The molecule has 1 amide bonds. The van der Waals surface area contributed by atoms with Crippen LogP contribution < -0.4 is 10.9 Å². The van der Waals surface area contributed by atoms with Crippen molar-refractivity contribution in [1.29, 1.82) is 0 Å². The predicted octanol–water partition coefficient (Wildman–Crippen LogP) is 1.83. The first kappa shape index (κ1) is 14.7. The summed E-state index contributed by atoms with van der Waals surface area (Å²) in [7, 11) is -3.70. The van der Waals surface area contributed by atoms with Gasteiger partial charge < -0.3 is 0 Å². The molecule has 0 saturated carbocycles. The maximum atomic E-state index is 12.0. The Hall–Kier alpha value is -2.19. The van der Waals surface area contributed by atoms with Crippen molar-refractivity contribution in [2.45, 2.75) is 4.90 Å². The van der Waals surface area contributed by atoms with Crippen molar-refractivity contribution < 1.29 is 13.2 Å². The molecule has 112 valence electrons. The molecule has 0 aromatic heterocycles. The van der Waals surface area contributed by atoms with Gasteiger partial charge in [-0.05, 0) is 36.4 Å². The van der Waals surface area contributed by atoms with E-state index in [0.29, 0.717) is 11.1 Å². The van der Waals surface area contributed by atoms with E-state index in [1.165, 1.54) is 6.07 Å². The first-order valence-corrected chi connectivity index (χ1v) is 8.47. The van der Waals surface area contributed by atoms with E-state index < -0.39 is 15.9 Å². The molecule has 1 aliphatic heterocycles. The van der Waals surface area contributed by atoms with Crippen molar-refractivity contribution in [3.63, 3.8) is 0 Å². The van der Waals surface area contributed by atoms with Crippen LogP contribution in [0.2, 0.25) is 0 Å². The van der Waals surface area contributed by atoms with Crippen LogP contribution in [0.3, 0.4) is 0 Å². The zero-order chi connectivity index (χ0) is 15.7. The third-order valence-electron chi connectivity index (χ3n) is 3.03. The molecule has 0 bridgehead atoms. The van der Waals surface area contributed by atoms with Crippen molar-refractivity contribution >= 4 is 37.7 Å². The molecule has 2 N–H and O–H groups in total. The van der Waals surface area contributed by atoms with E-state index in [-0.39, 0.29) is 10.7 Å². The summed E-state index contributed by atoms with van der Waals surface area (Å²) in [5.74, 6) is -0.293. The predicted molar refractivity (Wildman–Crippen MR) is 84.9 cm³/mol. The van der Waals surface area contributed by atoms with Gasteiger partial charge in [-0.3, -0.25) is 15.6 Å². The normalized spacial score (nSPS) is 14.9. The molecule has 0 unspecified atom stereocenters. The minimum atomic E-state index is -3.70. The molecule has 0 atom stereocenters. The summed E-state index contributed by atoms with van der Waals surface area (Å²) in [6.07, 6.45) is 0. The molecular weight excluding hydrogens is 370 g/mol. The second-order valence-electron chi connectivity index (χ2n) is 4.50. The molecule has 0 saturated heterocycles. The van der Waals surface area contributed by atoms with Gasteiger partial charge in [-0.1, -0.05) is 28.1 Å². The Balaban J connectivity index is 1.78. The Kier molecular flexibility index (Phi) is 3.71. The number of rotatable bonds is 1. The molecule has 2 aromatic rings. The molecule has 0 fully saturated rings. The fourth-order valence-electron chi connectivity index (χ4n) is 1.99. The smallest absolute Gasteiger partial charge is 0.280 e. The first-order valence-electron chi connectivity index (χ1n) is 6.24. The van der Waals surface area contributed by atoms with E-state index in [9.17, 15) is 13.2 Å². The average molecular weight is 380 g/mol. The highest BCUT2D eigenvalue weighted by Crippen LogP contribution is 2.24. The Bertz CT molecular complexity index is 876. The van der Waals surface area contributed by atoms with E-state index in [2.05, 4.69) is 31.2 Å². The molecule has 1 aliphatic rings. The Labute approximate surface area is 135 Å². The van der Waals surface area contributed by atoms with Gasteiger partial charge in [-0.15, -0.1) is 4.40 Å². The summed E-state index contributed by atoms with van der Waals surface area (Å²) >= 11 is 3.28. The second-order valence-corrected chi connectivity index (χ2v) is 6.99. The van der Waals surface area contributed by atoms with Crippen molar-refractivity contribution in [1.82, 2.24) is 10.9 Å². The largest absolute Gasteiger partial charge is 0.285 e. The molecule has 0 aliphatic carbocycles. The van der Waals surface area contributed by atoms with Gasteiger partial charge in [-0.2, -0.15) is 8.42 Å². The Morgan fingerprint density at radius 3 is 2.45 bits per heavy atom. The lowest BCUT2D eigenvalue weighted by Gasteiger charge is -2.08. The van der Waals surface area contributed by atoms with Crippen molar-refractivity contribution in [2.24, 2.45) is 4.40 Å². The summed E-state index contributed by atoms with van der Waals surface area (Å²) in [4.78, 5) is 12.1. The maximum Gasteiger partial charge on any atom is 0.285 e. The fraction of sp³-hybridized carbons (Fsp3) is 0. The zero-order valence-corrected chi connectivity index (χ0v) is 13.5. The SMILES string of the molecule is O=C(NNC1=NS(=O)(=O)c2ccccc21)c1ccc(Br)cc1. The topological polar surface area (TPSA) is 87.6 Å². The number of halogens is 1. The van der Waals surface area contributed by atoms with Gasteiger partial charge in [-0.25, -0.2) is 0 Å². The van der Waals surface area contributed by atoms with Crippen LogP contribution >= 0.6 is 15.9 Å². The molecule has 2 aromatic carbocycles. The summed E-state index contributed by atoms with van der Waals surface area (Å²) in [6.45, 7) is 0. The Morgan fingerprint density at radius 1 is 1.05 bits per heavy atom. The number of amidine groups is 1. The monoisotopic (exact) mass is 379 g/mol. The third kappa shape index (κ3) is 2.75. The van der Waals surface area contributed by atoms with Crippen LogP contribution in [0.25, 0.3) is 0 Å². The van der Waals surface area contributed by atoms with Gasteiger partial charge in [0.1, 0.15) is 4.90 Å². The number of sulfonamides is 1. The lowest BCUT2D eigenvalue weighted by atomic mass is 10.2. The quantitative estimate of drug-likeness (QED) is 0.739. The summed E-state index contributed by atoms with van der Waals surface area (Å²) in [5, 5.41) is 0. The molecule has 1 heterocycles. The molecule has 8 heteroatoms. The van der Waals surface area contributed by atoms with Crippen LogP contribution in [-0.4, -0.2) is 20.2 Å². The fourth-order valence-corrected chi connectivity index (χ4v) is 3.43. The van der Waals surface area contributed by atoms with E-state index in [1.807, 2.05) is 0 Å². The minimum absolute atomic E-state index is 0.0982. The Morgan fingerprint density at radius 2 is 1.73 bits per heavy atom. The molecule has 0 spiro atoms. The van der Waals surface area contributed by atoms with Gasteiger partial charge in [0, 0.05) is 15.6 Å². The number of hydrogen-bond acceptors (Lipinski definition) is 4. The molecule has 22 heavy (non-hydrogen) atoms. The minimum Gasteiger partial charge on any atom is -0.280 e. The van der Waals surface area contributed by atoms with Crippen molar-refractivity contribution in [2.75, 3.05) is 0 Å². The third-order valence-corrected chi connectivity index (χ3v) is 4.90. The zero-order valence-electron chi connectivity index (χ0n) is 11.1. The number of fused-ring (bicyclic) bond motifs is 1. The van der Waals surface area contributed by atoms with Crippen LogP contribution in [0.5, 0.6) is 0 Å². The van der Waals surface area contributed by atoms with Crippen LogP contribution in [0.15, 0.2) is 62.3 Å². The van der Waals surface area contributed by atoms with E-state index in [0.717, 1.165) is 4.47 Å². The molecule has 6 nitrogen and oxygen atoms in total. The van der Waals surface area contributed by atoms with E-state index in [4.69, 9.17) is 0 Å². The molecule has 3 rings (SSSR count). The number of nitrogens with zero attached hydrogens (tertiary/aromatic N) is 1. The molecule has 0 radical (unpaired) electrons. The van der Waals surface area contributed by atoms with Crippen LogP contribution in [0, 0.1) is 0 Å². The molecular formula is C14H10BrN3O3S. The van der Waals surface area contributed by atoms with Crippen LogP contribution in [0.4, 0.5) is 0 Å². The van der Waals surface area contributed by atoms with Gasteiger partial charge in [0.15, 0.2) is 5.84 Å². The lowest BCUT2D eigenvalue weighted by Crippen LogP contribution is -2.41. The van der Waals surface area contributed by atoms with E-state index in [1.54, 1.807) is 42.5 Å². The van der Waals surface area contributed by atoms with Gasteiger partial charge in [0.25, 0.3) is 15.9 Å². The standard InChI is InChI=1S/C14H10BrN3O3S/c15-10-7-5-9(6-8-10)14(19)17-16-13-11-3-1-2-4-12(11)22(20,21)18-13/h1-8H,(H,16,18)(H,17,19). The number of hydrazine groups is 1. The summed E-state index contributed by atoms with van der Waals surface area (Å²) in [5.41, 5.74) is 5.87. The summed E-state index contributed by atoms with van der Waals surface area (Å²) < 4.78 is 28.2. The first-order chi connectivity index (χ1) is 10.5. The number of carbonyl (C=O) groups excluding carboxylic acids is 1. The lowest BCUT2D eigenvalue weighted by molar-refractivity contribution is 0.0944. The highest BCUT2D eigenvalue weighted by Gasteiger charge is 2.28. The highest BCUT2D eigenvalue weighted by molar-refractivity contribution is 9.10. The number of benzene rings is 2. The van der Waals surface area contributed by atoms with E-state index >= 15 is 0 Å². The number of carbonyl (C=O) groups is 1. The van der Waals surface area contributed by atoms with Crippen molar-refractivity contribution in [3.8, 4) is 0 Å².